The number of anilines is 1. The molecular formula is C14H12N4O. The maximum Gasteiger partial charge on any atom is 0.187 e. The normalized spacial score (nSPS) is 10.6. The molecule has 2 heterocycles. The first-order valence-corrected chi connectivity index (χ1v) is 5.79. The third kappa shape index (κ3) is 1.95. The van der Waals surface area contributed by atoms with E-state index in [1.54, 1.807) is 13.3 Å². The zero-order valence-electron chi connectivity index (χ0n) is 10.4. The number of ether oxygens (including phenoxy) is 1. The summed E-state index contributed by atoms with van der Waals surface area (Å²) < 4.78 is 5.28. The van der Waals surface area contributed by atoms with Crippen LogP contribution in [0.4, 0.5) is 5.82 Å². The molecule has 0 bridgehead atoms. The second-order valence-corrected chi connectivity index (χ2v) is 4.05. The van der Waals surface area contributed by atoms with Crippen LogP contribution in [-0.2, 0) is 0 Å². The van der Waals surface area contributed by atoms with E-state index < -0.39 is 0 Å². The van der Waals surface area contributed by atoms with E-state index >= 15 is 0 Å². The summed E-state index contributed by atoms with van der Waals surface area (Å²) in [5.74, 6) is 0.824. The number of benzene rings is 1. The molecule has 0 aliphatic carbocycles. The minimum absolute atomic E-state index is 0.332. The first kappa shape index (κ1) is 11.4. The molecule has 0 fully saturated rings. The van der Waals surface area contributed by atoms with Gasteiger partial charge in [0.15, 0.2) is 11.6 Å². The molecule has 94 valence electrons. The Morgan fingerprint density at radius 3 is 2.84 bits per heavy atom. The smallest absolute Gasteiger partial charge is 0.187 e. The number of hydrogen-bond donors (Lipinski definition) is 1. The first-order valence-electron chi connectivity index (χ1n) is 5.79. The van der Waals surface area contributed by atoms with Crippen molar-refractivity contribution < 1.29 is 4.74 Å². The topological polar surface area (TPSA) is 73.9 Å². The minimum Gasteiger partial charge on any atom is -0.491 e. The van der Waals surface area contributed by atoms with E-state index in [2.05, 4.69) is 15.0 Å². The van der Waals surface area contributed by atoms with Crippen molar-refractivity contribution in [1.82, 2.24) is 15.0 Å². The molecule has 0 aliphatic rings. The highest BCUT2D eigenvalue weighted by Crippen LogP contribution is 2.32. The van der Waals surface area contributed by atoms with Crippen molar-refractivity contribution in [3.05, 3.63) is 42.9 Å². The Hall–Kier alpha value is -2.69. The van der Waals surface area contributed by atoms with Crippen LogP contribution in [0.1, 0.15) is 0 Å². The van der Waals surface area contributed by atoms with Crippen LogP contribution in [0.25, 0.3) is 22.2 Å². The Morgan fingerprint density at radius 2 is 2.00 bits per heavy atom. The quantitative estimate of drug-likeness (QED) is 0.757. The summed E-state index contributed by atoms with van der Waals surface area (Å²) in [7, 11) is 1.56. The van der Waals surface area contributed by atoms with Crippen molar-refractivity contribution in [3.63, 3.8) is 0 Å². The molecule has 1 aromatic carbocycles. The van der Waals surface area contributed by atoms with E-state index in [0.29, 0.717) is 17.3 Å². The second-order valence-electron chi connectivity index (χ2n) is 4.05. The van der Waals surface area contributed by atoms with Gasteiger partial charge in [0.25, 0.3) is 0 Å². The maximum absolute atomic E-state index is 5.79. The Kier molecular flexibility index (Phi) is 2.72. The fraction of sp³-hybridized carbons (Fsp3) is 0.0714. The Balaban J connectivity index is 2.22. The monoisotopic (exact) mass is 252 g/mol. The summed E-state index contributed by atoms with van der Waals surface area (Å²) in [6.07, 6.45) is 3.20. The van der Waals surface area contributed by atoms with Gasteiger partial charge >= 0.3 is 0 Å². The number of rotatable bonds is 2. The minimum atomic E-state index is 0.332. The van der Waals surface area contributed by atoms with Gasteiger partial charge in [0, 0.05) is 17.1 Å². The molecule has 0 spiro atoms. The lowest BCUT2D eigenvalue weighted by atomic mass is 10.1. The Bertz CT molecular complexity index is 742. The van der Waals surface area contributed by atoms with E-state index in [1.165, 1.54) is 6.33 Å². The molecular weight excluding hydrogens is 240 g/mol. The van der Waals surface area contributed by atoms with Crippen LogP contribution in [0, 0.1) is 0 Å². The molecule has 2 aromatic heterocycles. The van der Waals surface area contributed by atoms with Crippen molar-refractivity contribution in [2.45, 2.75) is 0 Å². The van der Waals surface area contributed by atoms with Crippen LogP contribution in [0.2, 0.25) is 0 Å². The molecule has 0 saturated carbocycles. The molecule has 5 heteroatoms. The van der Waals surface area contributed by atoms with Crippen molar-refractivity contribution >= 4 is 16.7 Å². The molecule has 0 saturated heterocycles. The SMILES string of the molecule is COc1c(N)ncnc1-c1ccc2ncccc2c1. The van der Waals surface area contributed by atoms with Gasteiger partial charge in [-0.25, -0.2) is 9.97 Å². The van der Waals surface area contributed by atoms with Gasteiger partial charge in [-0.1, -0.05) is 12.1 Å². The lowest BCUT2D eigenvalue weighted by Gasteiger charge is -2.09. The van der Waals surface area contributed by atoms with E-state index in [1.807, 2.05) is 30.3 Å². The maximum atomic E-state index is 5.79. The number of pyridine rings is 1. The van der Waals surface area contributed by atoms with Crippen LogP contribution in [-0.4, -0.2) is 22.1 Å². The highest BCUT2D eigenvalue weighted by atomic mass is 16.5. The molecule has 0 amide bonds. The molecule has 3 rings (SSSR count). The van der Waals surface area contributed by atoms with E-state index in [4.69, 9.17) is 10.5 Å². The largest absolute Gasteiger partial charge is 0.491 e. The van der Waals surface area contributed by atoms with Crippen molar-refractivity contribution in [2.24, 2.45) is 0 Å². The number of nitrogens with two attached hydrogens (primary N) is 1. The lowest BCUT2D eigenvalue weighted by Crippen LogP contribution is -1.99. The van der Waals surface area contributed by atoms with Gasteiger partial charge in [-0.3, -0.25) is 4.98 Å². The van der Waals surface area contributed by atoms with Crippen molar-refractivity contribution in [1.29, 1.82) is 0 Å². The third-order valence-electron chi connectivity index (χ3n) is 2.91. The standard InChI is InChI=1S/C14H12N4O/c1-19-13-12(17-8-18-14(13)15)10-4-5-11-9(7-10)3-2-6-16-11/h2-8H,1H3,(H2,15,17,18). The number of nitrogens with zero attached hydrogens (tertiary/aromatic N) is 3. The van der Waals surface area contributed by atoms with Gasteiger partial charge in [-0.2, -0.15) is 0 Å². The number of nitrogen functional groups attached to an aromatic ring is 1. The summed E-state index contributed by atoms with van der Waals surface area (Å²) in [5, 5.41) is 1.04. The van der Waals surface area contributed by atoms with Gasteiger partial charge in [-0.05, 0) is 18.2 Å². The molecule has 0 radical (unpaired) electrons. The predicted molar refractivity (Wildman–Crippen MR) is 73.7 cm³/mol. The van der Waals surface area contributed by atoms with Gasteiger partial charge in [0.2, 0.25) is 0 Å². The van der Waals surface area contributed by atoms with E-state index in [0.717, 1.165) is 16.5 Å². The number of aromatic nitrogens is 3. The Labute approximate surface area is 110 Å². The number of methoxy groups -OCH3 is 1. The number of fused-ring (bicyclic) bond motifs is 1. The highest BCUT2D eigenvalue weighted by molar-refractivity contribution is 5.85. The molecule has 0 aliphatic heterocycles. The van der Waals surface area contributed by atoms with E-state index in [9.17, 15) is 0 Å². The summed E-state index contributed by atoms with van der Waals surface area (Å²) in [6.45, 7) is 0. The fourth-order valence-corrected chi connectivity index (χ4v) is 2.02. The van der Waals surface area contributed by atoms with Gasteiger partial charge in [0.05, 0.1) is 12.6 Å². The molecule has 3 aromatic rings. The van der Waals surface area contributed by atoms with Crippen LogP contribution in [0.15, 0.2) is 42.9 Å². The molecule has 0 atom stereocenters. The van der Waals surface area contributed by atoms with Crippen LogP contribution in [0.3, 0.4) is 0 Å². The second kappa shape index (κ2) is 4.53. The van der Waals surface area contributed by atoms with Gasteiger partial charge in [0.1, 0.15) is 12.0 Å². The highest BCUT2D eigenvalue weighted by Gasteiger charge is 2.12. The van der Waals surface area contributed by atoms with Gasteiger partial charge in [-0.15, -0.1) is 0 Å². The average Bonchev–Trinajstić information content (AvgIpc) is 2.46. The summed E-state index contributed by atoms with van der Waals surface area (Å²) in [5.41, 5.74) is 8.33. The van der Waals surface area contributed by atoms with Crippen molar-refractivity contribution in [2.75, 3.05) is 12.8 Å². The number of hydrogen-bond acceptors (Lipinski definition) is 5. The first-order chi connectivity index (χ1) is 9.29. The zero-order valence-corrected chi connectivity index (χ0v) is 10.4. The third-order valence-corrected chi connectivity index (χ3v) is 2.91. The molecule has 0 unspecified atom stereocenters. The summed E-state index contributed by atoms with van der Waals surface area (Å²) in [4.78, 5) is 12.5. The van der Waals surface area contributed by atoms with E-state index in [-0.39, 0.29) is 0 Å². The van der Waals surface area contributed by atoms with Gasteiger partial charge < -0.3 is 10.5 Å². The predicted octanol–water partition coefficient (Wildman–Crippen LogP) is 2.28. The molecule has 2 N–H and O–H groups in total. The molecule has 19 heavy (non-hydrogen) atoms. The van der Waals surface area contributed by atoms with Crippen molar-refractivity contribution in [3.8, 4) is 17.0 Å². The summed E-state index contributed by atoms with van der Waals surface area (Å²) >= 11 is 0. The Morgan fingerprint density at radius 1 is 1.11 bits per heavy atom. The average molecular weight is 252 g/mol. The van der Waals surface area contributed by atoms with Crippen LogP contribution >= 0.6 is 0 Å². The zero-order chi connectivity index (χ0) is 13.2. The lowest BCUT2D eigenvalue weighted by molar-refractivity contribution is 0.415. The summed E-state index contributed by atoms with van der Waals surface area (Å²) in [6, 6.07) is 9.80. The van der Waals surface area contributed by atoms with Crippen LogP contribution < -0.4 is 10.5 Å². The van der Waals surface area contributed by atoms with Crippen LogP contribution in [0.5, 0.6) is 5.75 Å². The molecule has 5 nitrogen and oxygen atoms in total. The fourth-order valence-electron chi connectivity index (χ4n) is 2.02.